The molecule has 2 rings (SSSR count). The van der Waals surface area contributed by atoms with E-state index in [1.807, 2.05) is 0 Å². The second kappa shape index (κ2) is 9.12. The van der Waals surface area contributed by atoms with E-state index in [1.165, 1.54) is 24.3 Å². The van der Waals surface area contributed by atoms with Gasteiger partial charge in [0.15, 0.2) is 18.1 Å². The molecule has 0 aliphatic rings. The van der Waals surface area contributed by atoms with Crippen molar-refractivity contribution in [2.24, 2.45) is 5.10 Å². The van der Waals surface area contributed by atoms with Crippen molar-refractivity contribution in [2.45, 2.75) is 6.92 Å². The van der Waals surface area contributed by atoms with E-state index in [0.29, 0.717) is 5.56 Å². The molecule has 0 saturated heterocycles. The molecule has 0 fully saturated rings. The lowest BCUT2D eigenvalue weighted by atomic mass is 10.1. The zero-order valence-corrected chi connectivity index (χ0v) is 15.3. The van der Waals surface area contributed by atoms with Crippen molar-refractivity contribution in [3.63, 3.8) is 0 Å². The Labute approximate surface area is 163 Å². The van der Waals surface area contributed by atoms with Gasteiger partial charge in [0.05, 0.1) is 28.7 Å². The average molecular weight is 404 g/mol. The SMILES string of the molecule is COc1c(O)ccc(/C=N/NC(=O)COc2ccc(C)cc2[N+](=O)[O-])c1[N+](=O)[O-]. The van der Waals surface area contributed by atoms with Crippen LogP contribution in [0.4, 0.5) is 11.4 Å². The van der Waals surface area contributed by atoms with Crippen LogP contribution in [-0.2, 0) is 4.79 Å². The number of phenolic OH excluding ortho intramolecular Hbond substituents is 1. The molecule has 12 heteroatoms. The Morgan fingerprint density at radius 3 is 2.59 bits per heavy atom. The molecule has 12 nitrogen and oxygen atoms in total. The predicted octanol–water partition coefficient (Wildman–Crippen LogP) is 2.05. The summed E-state index contributed by atoms with van der Waals surface area (Å²) in [5, 5.41) is 35.5. The first kappa shape index (κ1) is 21.1. The molecule has 0 atom stereocenters. The lowest BCUT2D eigenvalue weighted by molar-refractivity contribution is -0.386. The van der Waals surface area contributed by atoms with E-state index in [9.17, 15) is 30.1 Å². The summed E-state index contributed by atoms with van der Waals surface area (Å²) in [7, 11) is 1.16. The monoisotopic (exact) mass is 404 g/mol. The third-order valence-electron chi connectivity index (χ3n) is 3.59. The number of benzene rings is 2. The number of rotatable bonds is 8. The van der Waals surface area contributed by atoms with E-state index < -0.39 is 33.8 Å². The van der Waals surface area contributed by atoms with Gasteiger partial charge in [-0.05, 0) is 30.7 Å². The number of amides is 1. The van der Waals surface area contributed by atoms with Crippen molar-refractivity contribution < 1.29 is 29.2 Å². The van der Waals surface area contributed by atoms with Crippen LogP contribution in [0.2, 0.25) is 0 Å². The third-order valence-corrected chi connectivity index (χ3v) is 3.59. The first-order valence-electron chi connectivity index (χ1n) is 7.98. The minimum Gasteiger partial charge on any atom is -0.504 e. The van der Waals surface area contributed by atoms with Crippen molar-refractivity contribution in [1.82, 2.24) is 5.43 Å². The van der Waals surface area contributed by atoms with Gasteiger partial charge in [0.25, 0.3) is 5.91 Å². The number of carbonyl (C=O) groups excluding carboxylic acids is 1. The Hall–Kier alpha value is -4.22. The highest BCUT2D eigenvalue weighted by atomic mass is 16.6. The van der Waals surface area contributed by atoms with Gasteiger partial charge in [-0.25, -0.2) is 5.43 Å². The summed E-state index contributed by atoms with van der Waals surface area (Å²) >= 11 is 0. The van der Waals surface area contributed by atoms with Crippen LogP contribution in [0, 0.1) is 27.2 Å². The number of ether oxygens (including phenoxy) is 2. The van der Waals surface area contributed by atoms with Crippen LogP contribution in [0.5, 0.6) is 17.2 Å². The molecule has 2 N–H and O–H groups in total. The number of hydrogen-bond donors (Lipinski definition) is 2. The fourth-order valence-corrected chi connectivity index (χ4v) is 2.31. The third kappa shape index (κ3) is 5.15. The van der Waals surface area contributed by atoms with Gasteiger partial charge in [0.1, 0.15) is 0 Å². The number of aryl methyl sites for hydroxylation is 1. The normalized spacial score (nSPS) is 10.6. The number of hydrazone groups is 1. The van der Waals surface area contributed by atoms with E-state index >= 15 is 0 Å². The predicted molar refractivity (Wildman–Crippen MR) is 100 cm³/mol. The fourth-order valence-electron chi connectivity index (χ4n) is 2.31. The number of phenols is 1. The van der Waals surface area contributed by atoms with Crippen LogP contribution in [0.1, 0.15) is 11.1 Å². The van der Waals surface area contributed by atoms with Gasteiger partial charge in [-0.1, -0.05) is 6.07 Å². The average Bonchev–Trinajstić information content (AvgIpc) is 2.67. The standard InChI is InChI=1S/C17H16N4O8/c1-10-3-6-14(12(7-10)20(24)25)29-9-15(23)19-18-8-11-4-5-13(22)17(28-2)16(11)21(26)27/h3-8,22H,9H2,1-2H3,(H,19,23)/b18-8+. The molecular formula is C17H16N4O8. The summed E-state index contributed by atoms with van der Waals surface area (Å²) in [5.41, 5.74) is 1.90. The molecule has 0 spiro atoms. The summed E-state index contributed by atoms with van der Waals surface area (Å²) in [6.45, 7) is 1.11. The van der Waals surface area contributed by atoms with Gasteiger partial charge in [0, 0.05) is 6.07 Å². The number of hydrogen-bond acceptors (Lipinski definition) is 9. The Morgan fingerprint density at radius 2 is 1.97 bits per heavy atom. The lowest BCUT2D eigenvalue weighted by Gasteiger charge is -2.07. The number of carbonyl (C=O) groups is 1. The molecule has 2 aromatic carbocycles. The minimum absolute atomic E-state index is 0.0277. The number of nitrogens with zero attached hydrogens (tertiary/aromatic N) is 3. The molecule has 1 amide bonds. The molecular weight excluding hydrogens is 388 g/mol. The highest BCUT2D eigenvalue weighted by molar-refractivity contribution is 5.89. The Morgan fingerprint density at radius 1 is 1.24 bits per heavy atom. The van der Waals surface area contributed by atoms with E-state index in [4.69, 9.17) is 9.47 Å². The van der Waals surface area contributed by atoms with Crippen LogP contribution < -0.4 is 14.9 Å². The highest BCUT2D eigenvalue weighted by Gasteiger charge is 2.23. The Kier molecular flexibility index (Phi) is 6.63. The topological polar surface area (TPSA) is 166 Å². The highest BCUT2D eigenvalue weighted by Crippen LogP contribution is 2.37. The van der Waals surface area contributed by atoms with Gasteiger partial charge < -0.3 is 14.6 Å². The van der Waals surface area contributed by atoms with E-state index in [1.54, 1.807) is 13.0 Å². The summed E-state index contributed by atoms with van der Waals surface area (Å²) in [4.78, 5) is 32.7. The quantitative estimate of drug-likeness (QED) is 0.383. The van der Waals surface area contributed by atoms with Gasteiger partial charge in [-0.3, -0.25) is 25.0 Å². The number of nitro benzene ring substituents is 2. The molecule has 0 aromatic heterocycles. The molecule has 0 radical (unpaired) electrons. The summed E-state index contributed by atoms with van der Waals surface area (Å²) in [6.07, 6.45) is 0.992. The van der Waals surface area contributed by atoms with Crippen LogP contribution in [-0.4, -0.2) is 40.8 Å². The van der Waals surface area contributed by atoms with Crippen molar-refractivity contribution in [2.75, 3.05) is 13.7 Å². The summed E-state index contributed by atoms with van der Waals surface area (Å²) < 4.78 is 9.96. The first-order chi connectivity index (χ1) is 13.7. The molecule has 2 aromatic rings. The number of aromatic hydroxyl groups is 1. The molecule has 0 bridgehead atoms. The second-order valence-corrected chi connectivity index (χ2v) is 5.62. The maximum Gasteiger partial charge on any atom is 0.323 e. The molecule has 29 heavy (non-hydrogen) atoms. The first-order valence-corrected chi connectivity index (χ1v) is 7.98. The van der Waals surface area contributed by atoms with E-state index in [2.05, 4.69) is 10.5 Å². The minimum atomic E-state index is -0.763. The molecule has 0 saturated carbocycles. The molecule has 0 aliphatic carbocycles. The van der Waals surface area contributed by atoms with Gasteiger partial charge in [-0.15, -0.1) is 0 Å². The second-order valence-electron chi connectivity index (χ2n) is 5.62. The fraction of sp³-hybridized carbons (Fsp3) is 0.176. The van der Waals surface area contributed by atoms with E-state index in [-0.39, 0.29) is 22.7 Å². The van der Waals surface area contributed by atoms with Gasteiger partial charge in [-0.2, -0.15) is 5.10 Å². The number of nitrogens with one attached hydrogen (secondary N) is 1. The largest absolute Gasteiger partial charge is 0.504 e. The van der Waals surface area contributed by atoms with Crippen molar-refractivity contribution in [1.29, 1.82) is 0 Å². The van der Waals surface area contributed by atoms with Crippen LogP contribution in [0.3, 0.4) is 0 Å². The maximum atomic E-state index is 11.8. The summed E-state index contributed by atoms with van der Waals surface area (Å²) in [6, 6.07) is 6.67. The molecule has 0 heterocycles. The smallest absolute Gasteiger partial charge is 0.323 e. The van der Waals surface area contributed by atoms with Crippen LogP contribution in [0.15, 0.2) is 35.4 Å². The number of methoxy groups -OCH3 is 1. The van der Waals surface area contributed by atoms with Gasteiger partial charge in [0.2, 0.25) is 5.75 Å². The van der Waals surface area contributed by atoms with Crippen LogP contribution in [0.25, 0.3) is 0 Å². The molecule has 0 unspecified atom stereocenters. The maximum absolute atomic E-state index is 11.8. The zero-order chi connectivity index (χ0) is 21.6. The Bertz CT molecular complexity index is 990. The van der Waals surface area contributed by atoms with Crippen molar-refractivity contribution >= 4 is 23.5 Å². The molecule has 0 aliphatic heterocycles. The van der Waals surface area contributed by atoms with Crippen molar-refractivity contribution in [3.05, 3.63) is 61.7 Å². The van der Waals surface area contributed by atoms with Crippen molar-refractivity contribution in [3.8, 4) is 17.2 Å². The van der Waals surface area contributed by atoms with E-state index in [0.717, 1.165) is 13.3 Å². The molecule has 152 valence electrons. The van der Waals surface area contributed by atoms with Crippen LogP contribution >= 0.6 is 0 Å². The summed E-state index contributed by atoms with van der Waals surface area (Å²) in [5.74, 6) is -1.60. The zero-order valence-electron chi connectivity index (χ0n) is 15.3. The number of nitro groups is 2. The Balaban J connectivity index is 2.06. The lowest BCUT2D eigenvalue weighted by Crippen LogP contribution is -2.24. The van der Waals surface area contributed by atoms with Gasteiger partial charge >= 0.3 is 11.4 Å².